The molecule has 9 heteroatoms. The van der Waals surface area contributed by atoms with E-state index in [0.29, 0.717) is 35.9 Å². The minimum atomic E-state index is -3.30. The Bertz CT molecular complexity index is 1320. The third-order valence-corrected chi connectivity index (χ3v) is 11.6. The number of carboxylic acids is 1. The van der Waals surface area contributed by atoms with Gasteiger partial charge in [-0.3, -0.25) is 9.59 Å². The van der Waals surface area contributed by atoms with E-state index in [1.54, 1.807) is 50.8 Å². The van der Waals surface area contributed by atoms with Crippen molar-refractivity contribution in [1.29, 1.82) is 0 Å². The van der Waals surface area contributed by atoms with Crippen LogP contribution in [0.1, 0.15) is 76.5 Å². The van der Waals surface area contributed by atoms with Crippen LogP contribution in [-0.4, -0.2) is 46.8 Å². The molecule has 5 atom stereocenters. The van der Waals surface area contributed by atoms with Gasteiger partial charge in [-0.2, -0.15) is 0 Å². The molecule has 206 valence electrons. The molecular weight excluding hydrogens is 545 g/mol. The number of benzene rings is 2. The number of likely N-dealkylation sites (tertiary alicyclic amines) is 1. The van der Waals surface area contributed by atoms with Crippen LogP contribution in [0.25, 0.3) is 0 Å². The van der Waals surface area contributed by atoms with Gasteiger partial charge in [0, 0.05) is 22.5 Å². The lowest BCUT2D eigenvalue weighted by atomic mass is 9.67. The second-order valence-electron chi connectivity index (χ2n) is 12.0. The molecule has 0 bridgehead atoms. The SMILES string of the molecule is CC1(CC(=O)O)CC(c2cccc(Cl)c2)C(c2ccc(Cl)cc2)N(CCC2CC2S(=O)(=O)C(C)(C)C)C1=O. The van der Waals surface area contributed by atoms with Gasteiger partial charge in [0.1, 0.15) is 0 Å². The molecular formula is C29H35Cl2NO5S. The number of halogens is 2. The van der Waals surface area contributed by atoms with Crippen molar-refractivity contribution in [3.8, 4) is 0 Å². The van der Waals surface area contributed by atoms with Gasteiger partial charge in [0.25, 0.3) is 0 Å². The van der Waals surface area contributed by atoms with Crippen molar-refractivity contribution < 1.29 is 23.1 Å². The van der Waals surface area contributed by atoms with Crippen LogP contribution in [0.5, 0.6) is 0 Å². The fourth-order valence-electron chi connectivity index (χ4n) is 5.87. The number of sulfone groups is 1. The molecule has 1 heterocycles. The van der Waals surface area contributed by atoms with E-state index in [2.05, 4.69) is 0 Å². The normalized spacial score (nSPS) is 27.8. The smallest absolute Gasteiger partial charge is 0.304 e. The van der Waals surface area contributed by atoms with Crippen molar-refractivity contribution in [3.63, 3.8) is 0 Å². The maximum absolute atomic E-state index is 14.0. The van der Waals surface area contributed by atoms with E-state index >= 15 is 0 Å². The average molecular weight is 581 g/mol. The number of aliphatic carboxylic acids is 1. The molecule has 0 aromatic heterocycles. The quantitative estimate of drug-likeness (QED) is 0.384. The van der Waals surface area contributed by atoms with Crippen LogP contribution in [-0.2, 0) is 19.4 Å². The number of rotatable bonds is 8. The van der Waals surface area contributed by atoms with Gasteiger partial charge in [0.15, 0.2) is 9.84 Å². The molecule has 2 aromatic rings. The molecule has 1 N–H and O–H groups in total. The maximum Gasteiger partial charge on any atom is 0.304 e. The van der Waals surface area contributed by atoms with Gasteiger partial charge in [-0.1, -0.05) is 54.4 Å². The monoisotopic (exact) mass is 579 g/mol. The van der Waals surface area contributed by atoms with Crippen molar-refractivity contribution in [1.82, 2.24) is 4.90 Å². The van der Waals surface area contributed by atoms with Gasteiger partial charge in [-0.25, -0.2) is 8.42 Å². The number of hydrogen-bond acceptors (Lipinski definition) is 4. The number of carboxylic acid groups (broad SMARTS) is 1. The highest BCUT2D eigenvalue weighted by Gasteiger charge is 2.54. The largest absolute Gasteiger partial charge is 0.481 e. The number of piperidine rings is 1. The van der Waals surface area contributed by atoms with Gasteiger partial charge < -0.3 is 10.0 Å². The molecule has 1 saturated carbocycles. The summed E-state index contributed by atoms with van der Waals surface area (Å²) in [6.45, 7) is 7.20. The predicted molar refractivity (Wildman–Crippen MR) is 150 cm³/mol. The van der Waals surface area contributed by atoms with E-state index in [-0.39, 0.29) is 30.2 Å². The fraction of sp³-hybridized carbons (Fsp3) is 0.517. The molecule has 5 unspecified atom stereocenters. The topological polar surface area (TPSA) is 91.8 Å². The van der Waals surface area contributed by atoms with Crippen LogP contribution in [0.15, 0.2) is 48.5 Å². The van der Waals surface area contributed by atoms with Crippen molar-refractivity contribution in [3.05, 3.63) is 69.7 Å². The van der Waals surface area contributed by atoms with E-state index in [1.165, 1.54) is 0 Å². The van der Waals surface area contributed by atoms with Gasteiger partial charge in [0.2, 0.25) is 5.91 Å². The van der Waals surface area contributed by atoms with E-state index < -0.39 is 31.2 Å². The third-order valence-electron chi connectivity index (χ3n) is 8.04. The fourth-order valence-corrected chi connectivity index (χ4v) is 8.25. The number of nitrogens with zero attached hydrogens (tertiary/aromatic N) is 1. The van der Waals surface area contributed by atoms with E-state index in [9.17, 15) is 23.1 Å². The summed E-state index contributed by atoms with van der Waals surface area (Å²) in [5, 5.41) is 10.4. The van der Waals surface area contributed by atoms with Gasteiger partial charge in [-0.05, 0) is 81.3 Å². The Balaban J connectivity index is 1.73. The summed E-state index contributed by atoms with van der Waals surface area (Å²) in [4.78, 5) is 27.7. The number of carbonyl (C=O) groups is 2. The summed E-state index contributed by atoms with van der Waals surface area (Å²) in [6.07, 6.45) is 1.16. The molecule has 2 fully saturated rings. The highest BCUT2D eigenvalue weighted by atomic mass is 35.5. The first-order valence-corrected chi connectivity index (χ1v) is 15.2. The predicted octanol–water partition coefficient (Wildman–Crippen LogP) is 6.52. The van der Waals surface area contributed by atoms with E-state index in [4.69, 9.17) is 23.2 Å². The number of hydrogen-bond donors (Lipinski definition) is 1. The van der Waals surface area contributed by atoms with Crippen molar-refractivity contribution in [2.75, 3.05) is 6.54 Å². The maximum atomic E-state index is 14.0. The van der Waals surface area contributed by atoms with Crippen LogP contribution in [0.4, 0.5) is 0 Å². The van der Waals surface area contributed by atoms with Crippen LogP contribution in [0.3, 0.4) is 0 Å². The summed E-state index contributed by atoms with van der Waals surface area (Å²) in [7, 11) is -3.30. The average Bonchev–Trinajstić information content (AvgIpc) is 3.60. The minimum Gasteiger partial charge on any atom is -0.481 e. The second-order valence-corrected chi connectivity index (χ2v) is 15.8. The Hall–Kier alpha value is -2.09. The summed E-state index contributed by atoms with van der Waals surface area (Å²) >= 11 is 12.5. The Kier molecular flexibility index (Phi) is 7.97. The Morgan fingerprint density at radius 2 is 1.74 bits per heavy atom. The molecule has 4 rings (SSSR count). The molecule has 2 aromatic carbocycles. The van der Waals surface area contributed by atoms with Gasteiger partial charge in [-0.15, -0.1) is 0 Å². The summed E-state index contributed by atoms with van der Waals surface area (Å²) in [6, 6.07) is 14.5. The standard InChI is InChI=1S/C29H35Cl2NO5S/c1-28(2,3)38(36,37)24-15-20(24)12-13-32-26(18-8-10-21(30)11-9-18)23(19-6-5-7-22(31)14-19)16-29(4,27(32)35)17-25(33)34/h5-11,14,20,23-24,26H,12-13,15-17H2,1-4H3,(H,33,34). The summed E-state index contributed by atoms with van der Waals surface area (Å²) in [5.74, 6) is -1.51. The van der Waals surface area contributed by atoms with Crippen molar-refractivity contribution in [2.24, 2.45) is 11.3 Å². The zero-order chi connectivity index (χ0) is 28.0. The zero-order valence-electron chi connectivity index (χ0n) is 22.2. The number of amides is 1. The third kappa shape index (κ3) is 5.75. The Morgan fingerprint density at radius 1 is 1.08 bits per heavy atom. The van der Waals surface area contributed by atoms with E-state index in [1.807, 2.05) is 30.3 Å². The van der Waals surface area contributed by atoms with Crippen molar-refractivity contribution >= 4 is 44.9 Å². The zero-order valence-corrected chi connectivity index (χ0v) is 24.5. The minimum absolute atomic E-state index is 0.0323. The molecule has 0 radical (unpaired) electrons. The summed E-state index contributed by atoms with van der Waals surface area (Å²) < 4.78 is 25.1. The highest BCUT2D eigenvalue weighted by Crippen LogP contribution is 2.52. The molecule has 1 aliphatic carbocycles. The molecule has 2 aliphatic rings. The molecule has 1 saturated heterocycles. The number of carbonyl (C=O) groups excluding carboxylic acids is 1. The Morgan fingerprint density at radius 3 is 2.32 bits per heavy atom. The second kappa shape index (κ2) is 10.5. The van der Waals surface area contributed by atoms with E-state index in [0.717, 1.165) is 11.1 Å². The molecule has 0 spiro atoms. The van der Waals surface area contributed by atoms with Gasteiger partial charge >= 0.3 is 5.97 Å². The van der Waals surface area contributed by atoms with Crippen LogP contribution < -0.4 is 0 Å². The molecule has 6 nitrogen and oxygen atoms in total. The molecule has 38 heavy (non-hydrogen) atoms. The van der Waals surface area contributed by atoms with Crippen LogP contribution >= 0.6 is 23.2 Å². The summed E-state index contributed by atoms with van der Waals surface area (Å²) in [5.41, 5.74) is 0.688. The molecule has 1 aliphatic heterocycles. The first kappa shape index (κ1) is 28.9. The lowest BCUT2D eigenvalue weighted by Gasteiger charge is -2.49. The van der Waals surface area contributed by atoms with Crippen LogP contribution in [0.2, 0.25) is 10.0 Å². The van der Waals surface area contributed by atoms with Gasteiger partial charge in [0.05, 0.1) is 27.9 Å². The van der Waals surface area contributed by atoms with Crippen molar-refractivity contribution in [2.45, 2.75) is 75.3 Å². The van der Waals surface area contributed by atoms with Crippen LogP contribution in [0, 0.1) is 11.3 Å². The lowest BCUT2D eigenvalue weighted by Crippen LogP contribution is -2.52. The Labute approximate surface area is 235 Å². The first-order valence-electron chi connectivity index (χ1n) is 12.9. The first-order chi connectivity index (χ1) is 17.6. The molecule has 1 amide bonds. The lowest BCUT2D eigenvalue weighted by molar-refractivity contribution is -0.157. The highest BCUT2D eigenvalue weighted by molar-refractivity contribution is 7.93.